The van der Waals surface area contributed by atoms with E-state index in [4.69, 9.17) is 0 Å². The first-order valence-corrected chi connectivity index (χ1v) is 7.49. The topological polar surface area (TPSA) is 60.4 Å². The largest absolute Gasteiger partial charge is 0.530 e. The van der Waals surface area contributed by atoms with Crippen LogP contribution in [0.1, 0.15) is 56.8 Å². The minimum atomic E-state index is -1.17. The highest BCUT2D eigenvalue weighted by Gasteiger charge is 2.20. The van der Waals surface area contributed by atoms with Gasteiger partial charge in [-0.05, 0) is 57.9 Å². The van der Waals surface area contributed by atoms with Crippen molar-refractivity contribution in [1.29, 1.82) is 0 Å². The maximum atomic E-state index is 12.8. The monoisotopic (exact) mass is 308 g/mol. The molecule has 0 saturated heterocycles. The molecule has 0 aromatic heterocycles. The van der Waals surface area contributed by atoms with Gasteiger partial charge in [0.25, 0.3) is 0 Å². The van der Waals surface area contributed by atoms with Gasteiger partial charge in [-0.2, -0.15) is 0 Å². The molecule has 0 aliphatic carbocycles. The molecule has 0 aliphatic heterocycles. The number of amides is 1. The molecule has 1 aromatic carbocycles. The van der Waals surface area contributed by atoms with Crippen molar-refractivity contribution in [2.45, 2.75) is 52.0 Å². The molecule has 1 aromatic rings. The average Bonchev–Trinajstić information content (AvgIpc) is 2.41. The first-order chi connectivity index (χ1) is 10.2. The van der Waals surface area contributed by atoms with E-state index in [0.29, 0.717) is 31.4 Å². The van der Waals surface area contributed by atoms with Crippen LogP contribution >= 0.6 is 0 Å². The molecular weight excluding hydrogens is 285 g/mol. The Balaban J connectivity index is 2.32. The Morgan fingerprint density at radius 3 is 2.18 bits per heavy atom. The predicted molar refractivity (Wildman–Crippen MR) is 81.1 cm³/mol. The van der Waals surface area contributed by atoms with Crippen LogP contribution in [-0.2, 0) is 0 Å². The van der Waals surface area contributed by atoms with E-state index in [0.717, 1.165) is 6.42 Å². The van der Waals surface area contributed by atoms with Crippen molar-refractivity contribution >= 4 is 11.9 Å². The van der Waals surface area contributed by atoms with Crippen molar-refractivity contribution in [2.75, 3.05) is 6.54 Å². The molecule has 22 heavy (non-hydrogen) atoms. The number of carbonyl (C=O) groups excluding carboxylic acids is 2. The van der Waals surface area contributed by atoms with Crippen LogP contribution in [0.15, 0.2) is 24.3 Å². The van der Waals surface area contributed by atoms with E-state index in [1.165, 1.54) is 29.2 Å². The normalized spacial score (nSPS) is 11.3. The fraction of sp³-hybridized carbons (Fsp3) is 0.529. The summed E-state index contributed by atoms with van der Waals surface area (Å²) in [6, 6.07) is 5.51. The van der Waals surface area contributed by atoms with E-state index in [1.807, 2.05) is 20.8 Å². The van der Waals surface area contributed by atoms with Crippen LogP contribution in [0.2, 0.25) is 0 Å². The van der Waals surface area contributed by atoms with Crippen LogP contribution in [0.3, 0.4) is 0 Å². The van der Waals surface area contributed by atoms with Gasteiger partial charge >= 0.3 is 0 Å². The maximum absolute atomic E-state index is 12.8. The predicted octanol–water partition coefficient (Wildman–Crippen LogP) is 3.01. The Hall–Kier alpha value is -1.91. The van der Waals surface area contributed by atoms with Crippen molar-refractivity contribution in [1.82, 2.24) is 4.90 Å². The quantitative estimate of drug-likeness (QED) is 0.574. The molecule has 0 fully saturated rings. The molecular formula is C17H23FNO3-. The summed E-state index contributed by atoms with van der Waals surface area (Å²) in [7, 11) is 0. The highest BCUT2D eigenvalue weighted by molar-refractivity contribution is 5.95. The van der Waals surface area contributed by atoms with E-state index in [-0.39, 0.29) is 11.6 Å². The Morgan fingerprint density at radius 2 is 1.68 bits per heavy atom. The summed E-state index contributed by atoms with van der Waals surface area (Å²) >= 11 is 0. The van der Waals surface area contributed by atoms with Gasteiger partial charge in [-0.1, -0.05) is 6.42 Å². The van der Waals surface area contributed by atoms with Crippen molar-refractivity contribution < 1.29 is 19.1 Å². The molecule has 0 aliphatic rings. The summed E-state index contributed by atoms with van der Waals surface area (Å²) in [4.78, 5) is 24.2. The molecule has 0 heterocycles. The second-order valence-corrected chi connectivity index (χ2v) is 6.33. The van der Waals surface area contributed by atoms with Gasteiger partial charge in [-0.25, -0.2) is 4.39 Å². The number of carbonyl (C=O) groups is 2. The molecule has 4 nitrogen and oxygen atoms in total. The number of hydrogen-bond donors (Lipinski definition) is 0. The standard InChI is InChI=1S/C17H24FNO3/c1-17(2,3)19(16(21)22)12-6-4-5-7-15(20)13-8-10-14(18)11-9-13/h8-11H,4-7,12H2,1-3H3,(H,21,22)/p-1. The molecule has 0 radical (unpaired) electrons. The van der Waals surface area contributed by atoms with Crippen LogP contribution in [0.25, 0.3) is 0 Å². The van der Waals surface area contributed by atoms with E-state index in [9.17, 15) is 19.1 Å². The Labute approximate surface area is 130 Å². The van der Waals surface area contributed by atoms with Crippen molar-refractivity contribution in [3.8, 4) is 0 Å². The zero-order chi connectivity index (χ0) is 16.8. The van der Waals surface area contributed by atoms with Gasteiger partial charge in [0.05, 0.1) is 0 Å². The average molecular weight is 308 g/mol. The second kappa shape index (κ2) is 7.92. The van der Waals surface area contributed by atoms with Crippen LogP contribution in [0.5, 0.6) is 0 Å². The minimum Gasteiger partial charge on any atom is -0.530 e. The number of nitrogens with zero attached hydrogens (tertiary/aromatic N) is 1. The van der Waals surface area contributed by atoms with Gasteiger partial charge in [-0.15, -0.1) is 0 Å². The Kier molecular flexibility index (Phi) is 6.53. The van der Waals surface area contributed by atoms with Crippen molar-refractivity contribution in [2.24, 2.45) is 0 Å². The lowest BCUT2D eigenvalue weighted by Crippen LogP contribution is -2.51. The minimum absolute atomic E-state index is 0.0208. The molecule has 0 unspecified atom stereocenters. The number of rotatable bonds is 7. The summed E-state index contributed by atoms with van der Waals surface area (Å²) < 4.78 is 12.8. The van der Waals surface area contributed by atoms with Gasteiger partial charge in [0.15, 0.2) is 5.78 Å². The van der Waals surface area contributed by atoms with Gasteiger partial charge in [0.2, 0.25) is 0 Å². The first-order valence-electron chi connectivity index (χ1n) is 7.49. The van der Waals surface area contributed by atoms with Crippen LogP contribution in [0, 0.1) is 5.82 Å². The summed E-state index contributed by atoms with van der Waals surface area (Å²) in [6.45, 7) is 5.86. The van der Waals surface area contributed by atoms with E-state index >= 15 is 0 Å². The number of unbranched alkanes of at least 4 members (excludes halogenated alkanes) is 2. The zero-order valence-electron chi connectivity index (χ0n) is 13.4. The van der Waals surface area contributed by atoms with Gasteiger partial charge < -0.3 is 14.8 Å². The van der Waals surface area contributed by atoms with Crippen LogP contribution in [0.4, 0.5) is 9.18 Å². The Morgan fingerprint density at radius 1 is 1.09 bits per heavy atom. The van der Waals surface area contributed by atoms with Gasteiger partial charge in [-0.3, -0.25) is 4.79 Å². The van der Waals surface area contributed by atoms with E-state index < -0.39 is 11.6 Å². The molecule has 0 atom stereocenters. The number of Topliss-reactive ketones (excluding diaryl/α,β-unsaturated/α-hetero) is 1. The van der Waals surface area contributed by atoms with Gasteiger partial charge in [0, 0.05) is 24.1 Å². The fourth-order valence-electron chi connectivity index (χ4n) is 2.21. The van der Waals surface area contributed by atoms with E-state index in [1.54, 1.807) is 0 Å². The SMILES string of the molecule is CC(C)(C)N(CCCCCC(=O)c1ccc(F)cc1)C(=O)[O-]. The molecule has 0 bridgehead atoms. The summed E-state index contributed by atoms with van der Waals surface area (Å²) in [5, 5.41) is 11.1. The van der Waals surface area contributed by atoms with E-state index in [2.05, 4.69) is 0 Å². The van der Waals surface area contributed by atoms with Crippen molar-refractivity contribution in [3.63, 3.8) is 0 Å². The maximum Gasteiger partial charge on any atom is 0.162 e. The third-order valence-electron chi connectivity index (χ3n) is 3.48. The molecule has 5 heteroatoms. The molecule has 0 spiro atoms. The molecule has 122 valence electrons. The summed E-state index contributed by atoms with van der Waals surface area (Å²) in [5.41, 5.74) is 0.0235. The third kappa shape index (κ3) is 5.84. The number of halogens is 1. The highest BCUT2D eigenvalue weighted by atomic mass is 19.1. The first kappa shape index (κ1) is 18.1. The number of benzene rings is 1. The summed E-state index contributed by atoms with van der Waals surface area (Å²) in [5.74, 6) is -0.381. The van der Waals surface area contributed by atoms with Crippen LogP contribution < -0.4 is 5.11 Å². The fourth-order valence-corrected chi connectivity index (χ4v) is 2.21. The molecule has 0 saturated carbocycles. The second-order valence-electron chi connectivity index (χ2n) is 6.33. The van der Waals surface area contributed by atoms with Crippen molar-refractivity contribution in [3.05, 3.63) is 35.6 Å². The molecule has 1 amide bonds. The number of hydrogen-bond acceptors (Lipinski definition) is 3. The number of ketones is 1. The lowest BCUT2D eigenvalue weighted by Gasteiger charge is -2.38. The third-order valence-corrected chi connectivity index (χ3v) is 3.48. The summed E-state index contributed by atoms with van der Waals surface area (Å²) in [6.07, 6.45) is 1.33. The van der Waals surface area contributed by atoms with Crippen LogP contribution in [-0.4, -0.2) is 28.9 Å². The van der Waals surface area contributed by atoms with Gasteiger partial charge in [0.1, 0.15) is 11.9 Å². The lowest BCUT2D eigenvalue weighted by molar-refractivity contribution is -0.270. The highest BCUT2D eigenvalue weighted by Crippen LogP contribution is 2.15. The molecule has 0 N–H and O–H groups in total. The molecule has 1 rings (SSSR count). The number of carboxylic acid groups (broad SMARTS) is 1. The zero-order valence-corrected chi connectivity index (χ0v) is 13.4. The smallest absolute Gasteiger partial charge is 0.162 e. The Bertz CT molecular complexity index is 506. The lowest BCUT2D eigenvalue weighted by atomic mass is 10.0.